The number of benzene rings is 2. The fourth-order valence-electron chi connectivity index (χ4n) is 2.89. The smallest absolute Gasteiger partial charge is 0.231 e. The minimum absolute atomic E-state index is 0.0606. The third-order valence-corrected chi connectivity index (χ3v) is 3.97. The molecular weight excluding hydrogens is 276 g/mol. The first kappa shape index (κ1) is 12.8. The average molecular weight is 292 g/mol. The summed E-state index contributed by atoms with van der Waals surface area (Å²) in [5, 5.41) is 6.90. The molecule has 4 heteroatoms. The van der Waals surface area contributed by atoms with E-state index in [0.29, 0.717) is 0 Å². The van der Waals surface area contributed by atoms with E-state index in [4.69, 9.17) is 9.47 Å². The topological polar surface area (TPSA) is 42.5 Å². The number of hydrogen-bond donors (Lipinski definition) is 2. The molecule has 0 bridgehead atoms. The summed E-state index contributed by atoms with van der Waals surface area (Å²) < 4.78 is 10.8. The van der Waals surface area contributed by atoms with E-state index in [1.54, 1.807) is 0 Å². The second-order valence-electron chi connectivity index (χ2n) is 5.29. The average Bonchev–Trinajstić information content (AvgIpc) is 3.01. The van der Waals surface area contributed by atoms with E-state index in [0.717, 1.165) is 39.6 Å². The molecule has 2 heterocycles. The molecule has 1 unspecified atom stereocenters. The molecule has 2 N–H and O–H groups in total. The van der Waals surface area contributed by atoms with Crippen LogP contribution in [-0.4, -0.2) is 6.79 Å². The zero-order chi connectivity index (χ0) is 15.1. The van der Waals surface area contributed by atoms with Gasteiger partial charge in [0.25, 0.3) is 0 Å². The maximum Gasteiger partial charge on any atom is 0.231 e. The molecule has 22 heavy (non-hydrogen) atoms. The van der Waals surface area contributed by atoms with Crippen molar-refractivity contribution in [2.75, 3.05) is 12.1 Å². The van der Waals surface area contributed by atoms with E-state index in [9.17, 15) is 0 Å². The number of rotatable bonds is 2. The molecule has 0 aromatic heterocycles. The molecule has 2 aromatic carbocycles. The third-order valence-electron chi connectivity index (χ3n) is 3.97. The highest BCUT2D eigenvalue weighted by Gasteiger charge is 2.24. The van der Waals surface area contributed by atoms with Crippen LogP contribution < -0.4 is 20.1 Å². The summed E-state index contributed by atoms with van der Waals surface area (Å²) in [6.07, 6.45) is 1.78. The molecule has 0 spiro atoms. The Bertz CT molecular complexity index is 783. The summed E-state index contributed by atoms with van der Waals surface area (Å²) in [6, 6.07) is 12.0. The van der Waals surface area contributed by atoms with Crippen LogP contribution in [0.25, 0.3) is 11.8 Å². The lowest BCUT2D eigenvalue weighted by Crippen LogP contribution is -2.31. The van der Waals surface area contributed by atoms with Gasteiger partial charge in [-0.2, -0.15) is 0 Å². The Kier molecular flexibility index (Phi) is 2.82. The van der Waals surface area contributed by atoms with Gasteiger partial charge in [0.15, 0.2) is 11.5 Å². The van der Waals surface area contributed by atoms with Gasteiger partial charge in [-0.3, -0.25) is 0 Å². The minimum Gasteiger partial charge on any atom is -0.454 e. The number of fused-ring (bicyclic) bond motifs is 2. The van der Waals surface area contributed by atoms with Crippen molar-refractivity contribution in [2.45, 2.75) is 6.17 Å². The summed E-state index contributed by atoms with van der Waals surface area (Å²) in [6.45, 7) is 8.30. The van der Waals surface area contributed by atoms with Gasteiger partial charge in [-0.1, -0.05) is 37.4 Å². The molecule has 0 fully saturated rings. The summed E-state index contributed by atoms with van der Waals surface area (Å²) in [5.74, 6) is 1.56. The fourth-order valence-corrected chi connectivity index (χ4v) is 2.89. The van der Waals surface area contributed by atoms with E-state index in [1.807, 2.05) is 42.5 Å². The number of anilines is 1. The first-order valence-electron chi connectivity index (χ1n) is 7.13. The maximum atomic E-state index is 5.45. The summed E-state index contributed by atoms with van der Waals surface area (Å²) in [7, 11) is 0. The van der Waals surface area contributed by atoms with E-state index < -0.39 is 0 Å². The molecule has 2 aliphatic heterocycles. The van der Waals surface area contributed by atoms with Gasteiger partial charge in [0.2, 0.25) is 6.79 Å². The van der Waals surface area contributed by atoms with Crippen molar-refractivity contribution in [1.29, 1.82) is 0 Å². The fraction of sp³-hybridized carbons (Fsp3) is 0.111. The molecule has 110 valence electrons. The van der Waals surface area contributed by atoms with Gasteiger partial charge in [-0.15, -0.1) is 0 Å². The molecule has 1 atom stereocenters. The molecule has 0 amide bonds. The van der Waals surface area contributed by atoms with Crippen LogP contribution in [0.15, 0.2) is 49.6 Å². The summed E-state index contributed by atoms with van der Waals surface area (Å²) in [4.78, 5) is 0. The molecule has 4 nitrogen and oxygen atoms in total. The van der Waals surface area contributed by atoms with Crippen LogP contribution >= 0.6 is 0 Å². The van der Waals surface area contributed by atoms with Gasteiger partial charge < -0.3 is 20.1 Å². The zero-order valence-electron chi connectivity index (χ0n) is 12.1. The van der Waals surface area contributed by atoms with Crippen molar-refractivity contribution in [1.82, 2.24) is 5.32 Å². The van der Waals surface area contributed by atoms with Crippen molar-refractivity contribution in [3.05, 3.63) is 66.2 Å². The summed E-state index contributed by atoms with van der Waals surface area (Å²) in [5.41, 5.74) is 5.12. The highest BCUT2D eigenvalue weighted by molar-refractivity contribution is 5.83. The van der Waals surface area contributed by atoms with Gasteiger partial charge in [-0.05, 0) is 29.3 Å². The van der Waals surface area contributed by atoms with E-state index in [1.165, 1.54) is 0 Å². The quantitative estimate of drug-likeness (QED) is 0.885. The van der Waals surface area contributed by atoms with Crippen molar-refractivity contribution in [2.24, 2.45) is 0 Å². The monoisotopic (exact) mass is 292 g/mol. The van der Waals surface area contributed by atoms with Crippen LogP contribution in [0.1, 0.15) is 22.9 Å². The van der Waals surface area contributed by atoms with Crippen LogP contribution in [0, 0.1) is 0 Å². The van der Waals surface area contributed by atoms with Crippen LogP contribution in [0.2, 0.25) is 0 Å². The standard InChI is InChI=1S/C18H16N2O2/c1-3-12-5-4-6-14-17(12)11(2)19-18(20-14)13-7-8-15-16(9-13)22-10-21-15/h3-9,18-20H,1-2,10H2. The molecular formula is C18H16N2O2. The lowest BCUT2D eigenvalue weighted by Gasteiger charge is -2.32. The predicted molar refractivity (Wildman–Crippen MR) is 87.6 cm³/mol. The molecule has 2 aromatic rings. The first-order chi connectivity index (χ1) is 10.8. The van der Waals surface area contributed by atoms with Crippen LogP contribution in [-0.2, 0) is 0 Å². The van der Waals surface area contributed by atoms with Gasteiger partial charge in [0.05, 0.1) is 0 Å². The third kappa shape index (κ3) is 1.92. The molecule has 0 radical (unpaired) electrons. The number of hydrogen-bond acceptors (Lipinski definition) is 4. The Balaban J connectivity index is 1.71. The Morgan fingerprint density at radius 3 is 2.82 bits per heavy atom. The molecule has 0 saturated heterocycles. The van der Waals surface area contributed by atoms with Gasteiger partial charge in [-0.25, -0.2) is 0 Å². The Morgan fingerprint density at radius 1 is 1.09 bits per heavy atom. The maximum absolute atomic E-state index is 5.45. The van der Waals surface area contributed by atoms with E-state index in [2.05, 4.69) is 23.8 Å². The zero-order valence-corrected chi connectivity index (χ0v) is 12.1. The second kappa shape index (κ2) is 4.84. The highest BCUT2D eigenvalue weighted by Crippen LogP contribution is 2.38. The van der Waals surface area contributed by atoms with Crippen molar-refractivity contribution < 1.29 is 9.47 Å². The predicted octanol–water partition coefficient (Wildman–Crippen LogP) is 3.74. The van der Waals surface area contributed by atoms with Crippen molar-refractivity contribution in [3.63, 3.8) is 0 Å². The summed E-state index contributed by atoms with van der Waals surface area (Å²) >= 11 is 0. The van der Waals surface area contributed by atoms with Crippen LogP contribution in [0.5, 0.6) is 11.5 Å². The van der Waals surface area contributed by atoms with Crippen LogP contribution in [0.3, 0.4) is 0 Å². The van der Waals surface area contributed by atoms with E-state index in [-0.39, 0.29) is 13.0 Å². The second-order valence-corrected chi connectivity index (χ2v) is 5.29. The molecule has 0 aliphatic carbocycles. The normalized spacial score (nSPS) is 18.2. The number of nitrogens with one attached hydrogen (secondary N) is 2. The van der Waals surface area contributed by atoms with Gasteiger partial charge in [0, 0.05) is 16.9 Å². The molecule has 0 saturated carbocycles. The lowest BCUT2D eigenvalue weighted by atomic mass is 9.98. The Labute approximate surface area is 129 Å². The van der Waals surface area contributed by atoms with Gasteiger partial charge >= 0.3 is 0 Å². The van der Waals surface area contributed by atoms with Crippen molar-refractivity contribution >= 4 is 17.5 Å². The molecule has 4 rings (SSSR count). The van der Waals surface area contributed by atoms with Crippen LogP contribution in [0.4, 0.5) is 5.69 Å². The lowest BCUT2D eigenvalue weighted by molar-refractivity contribution is 0.174. The van der Waals surface area contributed by atoms with E-state index >= 15 is 0 Å². The highest BCUT2D eigenvalue weighted by atomic mass is 16.7. The van der Waals surface area contributed by atoms with Crippen molar-refractivity contribution in [3.8, 4) is 11.5 Å². The minimum atomic E-state index is -0.0606. The molecule has 2 aliphatic rings. The first-order valence-corrected chi connectivity index (χ1v) is 7.13. The SMILES string of the molecule is C=Cc1cccc2c1C(=C)NC(c1ccc3c(c1)OCO3)N2. The van der Waals surface area contributed by atoms with Gasteiger partial charge in [0.1, 0.15) is 6.17 Å². The largest absolute Gasteiger partial charge is 0.454 e. The number of ether oxygens (including phenoxy) is 2. The Hall–Kier alpha value is -2.88. The Morgan fingerprint density at radius 2 is 1.95 bits per heavy atom.